The Labute approximate surface area is 141 Å². The van der Waals surface area contributed by atoms with Gasteiger partial charge in [0.25, 0.3) is 0 Å². The Bertz CT molecular complexity index is 752. The number of piperazine rings is 1. The zero-order chi connectivity index (χ0) is 17.3. The van der Waals surface area contributed by atoms with Crippen molar-refractivity contribution in [2.24, 2.45) is 0 Å². The van der Waals surface area contributed by atoms with E-state index >= 15 is 0 Å². The summed E-state index contributed by atoms with van der Waals surface area (Å²) in [4.78, 5) is 22.6. The van der Waals surface area contributed by atoms with Gasteiger partial charge in [-0.25, -0.2) is 14.8 Å². The molecule has 0 aliphatic carbocycles. The van der Waals surface area contributed by atoms with E-state index in [4.69, 9.17) is 0 Å². The summed E-state index contributed by atoms with van der Waals surface area (Å²) in [6.07, 6.45) is 1.42. The molecular formula is C18H22N4O2. The summed E-state index contributed by atoms with van der Waals surface area (Å²) in [5.74, 6) is -0.430. The van der Waals surface area contributed by atoms with Gasteiger partial charge in [-0.05, 0) is 26.3 Å². The van der Waals surface area contributed by atoms with Crippen LogP contribution in [0.5, 0.6) is 0 Å². The second-order valence-electron chi connectivity index (χ2n) is 6.43. The molecule has 1 aromatic carbocycles. The molecule has 0 bridgehead atoms. The second-order valence-corrected chi connectivity index (χ2v) is 6.43. The van der Waals surface area contributed by atoms with Crippen molar-refractivity contribution in [2.75, 3.05) is 18.0 Å². The van der Waals surface area contributed by atoms with E-state index in [9.17, 15) is 9.90 Å². The molecule has 24 heavy (non-hydrogen) atoms. The van der Waals surface area contributed by atoms with Gasteiger partial charge < -0.3 is 15.3 Å². The maximum absolute atomic E-state index is 11.6. The smallest absolute Gasteiger partial charge is 0.339 e. The first-order valence-corrected chi connectivity index (χ1v) is 8.13. The molecule has 0 spiro atoms. The molecule has 1 saturated heterocycles. The van der Waals surface area contributed by atoms with Gasteiger partial charge in [-0.2, -0.15) is 0 Å². The Morgan fingerprint density at radius 2 is 1.92 bits per heavy atom. The molecule has 0 saturated carbocycles. The Morgan fingerprint density at radius 1 is 1.25 bits per heavy atom. The summed E-state index contributed by atoms with van der Waals surface area (Å²) < 4.78 is 0. The molecule has 1 aliphatic rings. The van der Waals surface area contributed by atoms with E-state index in [1.165, 1.54) is 6.20 Å². The first-order valence-electron chi connectivity index (χ1n) is 8.13. The van der Waals surface area contributed by atoms with Crippen molar-refractivity contribution in [2.45, 2.75) is 32.9 Å². The second kappa shape index (κ2) is 6.57. The third-order valence-corrected chi connectivity index (χ3v) is 4.25. The zero-order valence-corrected chi connectivity index (χ0v) is 14.2. The summed E-state index contributed by atoms with van der Waals surface area (Å²) in [5.41, 5.74) is 2.43. The molecule has 1 aliphatic heterocycles. The highest BCUT2D eigenvalue weighted by atomic mass is 16.4. The lowest BCUT2D eigenvalue weighted by Gasteiger charge is -2.36. The van der Waals surface area contributed by atoms with Crippen LogP contribution in [0.2, 0.25) is 0 Å². The predicted octanol–water partition coefficient (Wildman–Crippen LogP) is 2.34. The van der Waals surface area contributed by atoms with Crippen LogP contribution < -0.4 is 10.2 Å². The number of nitrogens with one attached hydrogen (secondary N) is 1. The van der Waals surface area contributed by atoms with Crippen LogP contribution in [0.4, 0.5) is 5.95 Å². The Morgan fingerprint density at radius 3 is 2.54 bits per heavy atom. The maximum atomic E-state index is 11.6. The minimum absolute atomic E-state index is 0.129. The molecule has 2 heterocycles. The van der Waals surface area contributed by atoms with Crippen molar-refractivity contribution in [3.63, 3.8) is 0 Å². The van der Waals surface area contributed by atoms with Crippen molar-refractivity contribution in [1.82, 2.24) is 15.3 Å². The van der Waals surface area contributed by atoms with Gasteiger partial charge in [0.05, 0.1) is 5.69 Å². The van der Waals surface area contributed by atoms with Crippen LogP contribution in [0.3, 0.4) is 0 Å². The third kappa shape index (κ3) is 3.23. The highest BCUT2D eigenvalue weighted by Gasteiger charge is 2.25. The quantitative estimate of drug-likeness (QED) is 0.901. The topological polar surface area (TPSA) is 78.4 Å². The molecule has 2 N–H and O–H groups in total. The zero-order valence-electron chi connectivity index (χ0n) is 14.2. The van der Waals surface area contributed by atoms with E-state index in [0.717, 1.165) is 24.2 Å². The fraction of sp³-hybridized carbons (Fsp3) is 0.389. The number of rotatable bonds is 3. The van der Waals surface area contributed by atoms with Crippen molar-refractivity contribution < 1.29 is 9.90 Å². The first kappa shape index (κ1) is 16.4. The van der Waals surface area contributed by atoms with E-state index in [2.05, 4.69) is 34.0 Å². The first-order chi connectivity index (χ1) is 11.5. The maximum Gasteiger partial charge on any atom is 0.339 e. The fourth-order valence-electron chi connectivity index (χ4n) is 3.22. The van der Waals surface area contributed by atoms with Gasteiger partial charge in [0.1, 0.15) is 5.56 Å². The van der Waals surface area contributed by atoms with Crippen molar-refractivity contribution in [1.29, 1.82) is 0 Å². The molecule has 2 atom stereocenters. The normalized spacial score (nSPS) is 20.9. The summed E-state index contributed by atoms with van der Waals surface area (Å²) in [5, 5.41) is 13.0. The summed E-state index contributed by atoms with van der Waals surface area (Å²) in [7, 11) is 0. The van der Waals surface area contributed by atoms with Crippen LogP contribution in [-0.2, 0) is 0 Å². The molecule has 2 aromatic rings. The lowest BCUT2D eigenvalue weighted by atomic mass is 10.0. The lowest BCUT2D eigenvalue weighted by Crippen LogP contribution is -2.54. The number of benzene rings is 1. The van der Waals surface area contributed by atoms with Gasteiger partial charge >= 0.3 is 5.97 Å². The SMILES string of the molecule is Cc1ccccc1-c1nc(N2CC(C)NC(C)C2)ncc1C(=O)O. The molecule has 6 heteroatoms. The molecule has 1 fully saturated rings. The van der Waals surface area contributed by atoms with Crippen molar-refractivity contribution >= 4 is 11.9 Å². The number of aryl methyl sites for hydroxylation is 1. The molecule has 1 aromatic heterocycles. The Hall–Kier alpha value is -2.47. The van der Waals surface area contributed by atoms with E-state index in [-0.39, 0.29) is 5.56 Å². The molecule has 3 rings (SSSR count). The molecule has 126 valence electrons. The average Bonchev–Trinajstić information content (AvgIpc) is 2.53. The lowest BCUT2D eigenvalue weighted by molar-refractivity contribution is 0.0697. The van der Waals surface area contributed by atoms with E-state index in [1.807, 2.05) is 31.2 Å². The Kier molecular flexibility index (Phi) is 4.49. The summed E-state index contributed by atoms with van der Waals surface area (Å²) in [6.45, 7) is 7.79. The van der Waals surface area contributed by atoms with Gasteiger partial charge in [-0.15, -0.1) is 0 Å². The largest absolute Gasteiger partial charge is 0.478 e. The average molecular weight is 326 g/mol. The number of nitrogens with zero attached hydrogens (tertiary/aromatic N) is 3. The van der Waals surface area contributed by atoms with Crippen LogP contribution in [0.1, 0.15) is 29.8 Å². The van der Waals surface area contributed by atoms with Gasteiger partial charge in [-0.3, -0.25) is 0 Å². The third-order valence-electron chi connectivity index (χ3n) is 4.25. The number of aromatic nitrogens is 2. The molecular weight excluding hydrogens is 304 g/mol. The van der Waals surface area contributed by atoms with Crippen LogP contribution in [0.15, 0.2) is 30.5 Å². The van der Waals surface area contributed by atoms with Crippen LogP contribution in [-0.4, -0.2) is 46.2 Å². The highest BCUT2D eigenvalue weighted by Crippen LogP contribution is 2.27. The minimum atomic E-state index is -1.01. The van der Waals surface area contributed by atoms with E-state index in [1.54, 1.807) is 0 Å². The number of carbonyl (C=O) groups is 1. The van der Waals surface area contributed by atoms with Gasteiger partial charge in [0.2, 0.25) is 5.95 Å². The van der Waals surface area contributed by atoms with Crippen LogP contribution in [0.25, 0.3) is 11.3 Å². The number of carboxylic acids is 1. The molecule has 2 unspecified atom stereocenters. The highest BCUT2D eigenvalue weighted by molar-refractivity contribution is 5.95. The van der Waals surface area contributed by atoms with Gasteiger partial charge in [-0.1, -0.05) is 24.3 Å². The van der Waals surface area contributed by atoms with Crippen LogP contribution in [0, 0.1) is 6.92 Å². The monoisotopic (exact) mass is 326 g/mol. The number of aromatic carboxylic acids is 1. The number of hydrogen-bond acceptors (Lipinski definition) is 5. The van der Waals surface area contributed by atoms with E-state index < -0.39 is 5.97 Å². The number of carboxylic acid groups (broad SMARTS) is 1. The van der Waals surface area contributed by atoms with Crippen LogP contribution >= 0.6 is 0 Å². The predicted molar refractivity (Wildman–Crippen MR) is 93.4 cm³/mol. The van der Waals surface area contributed by atoms with Crippen molar-refractivity contribution in [3.8, 4) is 11.3 Å². The number of anilines is 1. The molecule has 0 amide bonds. The van der Waals surface area contributed by atoms with E-state index in [0.29, 0.717) is 23.7 Å². The molecule has 6 nitrogen and oxygen atoms in total. The minimum Gasteiger partial charge on any atom is -0.478 e. The summed E-state index contributed by atoms with van der Waals surface area (Å²) in [6, 6.07) is 8.34. The van der Waals surface area contributed by atoms with Gasteiger partial charge in [0, 0.05) is 36.9 Å². The summed E-state index contributed by atoms with van der Waals surface area (Å²) >= 11 is 0. The van der Waals surface area contributed by atoms with Gasteiger partial charge in [0.15, 0.2) is 0 Å². The number of hydrogen-bond donors (Lipinski definition) is 2. The standard InChI is InChI=1S/C18H22N4O2/c1-11-6-4-5-7-14(11)16-15(17(23)24)8-19-18(21-16)22-9-12(2)20-13(3)10-22/h4-8,12-13,20H,9-10H2,1-3H3,(H,23,24). The molecule has 0 radical (unpaired) electrons. The Balaban J connectivity index is 2.07. The van der Waals surface area contributed by atoms with Crippen molar-refractivity contribution in [3.05, 3.63) is 41.6 Å². The fourth-order valence-corrected chi connectivity index (χ4v) is 3.22.